The van der Waals surface area contributed by atoms with Gasteiger partial charge in [-0.1, -0.05) is 6.92 Å². The first-order valence-electron chi connectivity index (χ1n) is 9.61. The SMILES string of the molecule is CC[C@@H]1CN(c2nc(N)nc3nc[nH]c23)CC[C@@H]1NC(=O)c1ccc(OC)nc1. The summed E-state index contributed by atoms with van der Waals surface area (Å²) in [6.45, 7) is 3.63. The molecular weight excluding hydrogens is 372 g/mol. The molecule has 1 aliphatic heterocycles. The monoisotopic (exact) mass is 396 g/mol. The number of nitrogens with zero attached hydrogens (tertiary/aromatic N) is 5. The minimum absolute atomic E-state index is 0.0716. The molecule has 2 atom stereocenters. The van der Waals surface area contributed by atoms with E-state index in [0.717, 1.165) is 37.3 Å². The molecule has 1 saturated heterocycles. The van der Waals surface area contributed by atoms with Crippen molar-refractivity contribution in [3.8, 4) is 5.88 Å². The van der Waals surface area contributed by atoms with Gasteiger partial charge in [0, 0.05) is 31.4 Å². The second kappa shape index (κ2) is 7.90. The number of aromatic amines is 1. The third-order valence-corrected chi connectivity index (χ3v) is 5.37. The van der Waals surface area contributed by atoms with Crippen molar-refractivity contribution in [3.05, 3.63) is 30.2 Å². The number of methoxy groups -OCH3 is 1. The molecule has 0 aliphatic carbocycles. The molecule has 4 heterocycles. The van der Waals surface area contributed by atoms with Gasteiger partial charge in [-0.3, -0.25) is 4.79 Å². The lowest BCUT2D eigenvalue weighted by atomic mass is 9.89. The molecule has 0 spiro atoms. The summed E-state index contributed by atoms with van der Waals surface area (Å²) in [7, 11) is 1.55. The van der Waals surface area contributed by atoms with Gasteiger partial charge in [0.1, 0.15) is 5.52 Å². The fourth-order valence-electron chi connectivity index (χ4n) is 3.78. The molecule has 152 valence electrons. The zero-order valence-electron chi connectivity index (χ0n) is 16.4. The van der Waals surface area contributed by atoms with Gasteiger partial charge in [-0.25, -0.2) is 9.97 Å². The highest BCUT2D eigenvalue weighted by molar-refractivity contribution is 5.94. The molecule has 10 nitrogen and oxygen atoms in total. The van der Waals surface area contributed by atoms with Crippen molar-refractivity contribution in [3.63, 3.8) is 0 Å². The first-order chi connectivity index (χ1) is 14.1. The average Bonchev–Trinajstić information content (AvgIpc) is 3.21. The van der Waals surface area contributed by atoms with Crippen molar-refractivity contribution < 1.29 is 9.53 Å². The number of ether oxygens (including phenoxy) is 1. The minimum Gasteiger partial charge on any atom is -0.481 e. The van der Waals surface area contributed by atoms with Crippen LogP contribution < -0.4 is 20.7 Å². The molecule has 1 aliphatic rings. The molecule has 4 N–H and O–H groups in total. The number of piperidine rings is 1. The summed E-state index contributed by atoms with van der Waals surface area (Å²) < 4.78 is 5.05. The Morgan fingerprint density at radius 2 is 2.24 bits per heavy atom. The minimum atomic E-state index is -0.126. The number of amides is 1. The number of pyridine rings is 1. The normalized spacial score (nSPS) is 19.3. The lowest BCUT2D eigenvalue weighted by Gasteiger charge is -2.39. The Kier molecular flexibility index (Phi) is 5.15. The Hall–Kier alpha value is -3.43. The lowest BCUT2D eigenvalue weighted by molar-refractivity contribution is 0.0913. The highest BCUT2D eigenvalue weighted by Gasteiger charge is 2.31. The first-order valence-corrected chi connectivity index (χ1v) is 9.61. The van der Waals surface area contributed by atoms with Crippen LogP contribution >= 0.6 is 0 Å². The number of anilines is 2. The summed E-state index contributed by atoms with van der Waals surface area (Å²) in [6.07, 6.45) is 4.85. The first kappa shape index (κ1) is 18.9. The molecule has 0 aromatic carbocycles. The fourth-order valence-corrected chi connectivity index (χ4v) is 3.78. The zero-order valence-corrected chi connectivity index (χ0v) is 16.4. The van der Waals surface area contributed by atoms with Crippen molar-refractivity contribution in [1.29, 1.82) is 0 Å². The van der Waals surface area contributed by atoms with Crippen molar-refractivity contribution in [2.45, 2.75) is 25.8 Å². The summed E-state index contributed by atoms with van der Waals surface area (Å²) in [4.78, 5) is 34.8. The van der Waals surface area contributed by atoms with Crippen LogP contribution in [0.1, 0.15) is 30.1 Å². The van der Waals surface area contributed by atoms with Gasteiger partial charge in [-0.15, -0.1) is 0 Å². The van der Waals surface area contributed by atoms with Crippen LogP contribution in [0, 0.1) is 5.92 Å². The van der Waals surface area contributed by atoms with E-state index >= 15 is 0 Å². The Balaban J connectivity index is 1.48. The largest absolute Gasteiger partial charge is 0.481 e. The van der Waals surface area contributed by atoms with Gasteiger partial charge in [0.25, 0.3) is 5.91 Å². The van der Waals surface area contributed by atoms with Crippen molar-refractivity contribution >= 4 is 28.8 Å². The van der Waals surface area contributed by atoms with E-state index in [1.165, 1.54) is 6.20 Å². The summed E-state index contributed by atoms with van der Waals surface area (Å²) in [5.41, 5.74) is 7.72. The zero-order chi connectivity index (χ0) is 20.4. The van der Waals surface area contributed by atoms with Gasteiger partial charge in [-0.05, 0) is 24.8 Å². The molecule has 1 amide bonds. The number of rotatable bonds is 5. The number of hydrogen-bond donors (Lipinski definition) is 3. The van der Waals surface area contributed by atoms with E-state index in [0.29, 0.717) is 17.1 Å². The molecule has 3 aromatic heterocycles. The van der Waals surface area contributed by atoms with Crippen LogP contribution in [0.15, 0.2) is 24.7 Å². The van der Waals surface area contributed by atoms with Gasteiger partial charge >= 0.3 is 0 Å². The number of carbonyl (C=O) groups is 1. The molecular formula is C19H24N8O2. The number of nitrogen functional groups attached to an aromatic ring is 1. The summed E-state index contributed by atoms with van der Waals surface area (Å²) >= 11 is 0. The number of nitrogens with one attached hydrogen (secondary N) is 2. The van der Waals surface area contributed by atoms with Crippen LogP contribution in [-0.4, -0.2) is 57.1 Å². The molecule has 0 radical (unpaired) electrons. The number of aromatic nitrogens is 5. The number of carbonyl (C=O) groups excluding carboxylic acids is 1. The van der Waals surface area contributed by atoms with E-state index in [9.17, 15) is 4.79 Å². The Morgan fingerprint density at radius 3 is 2.97 bits per heavy atom. The van der Waals surface area contributed by atoms with Gasteiger partial charge in [-0.2, -0.15) is 9.97 Å². The Morgan fingerprint density at radius 1 is 1.38 bits per heavy atom. The maximum Gasteiger partial charge on any atom is 0.253 e. The molecule has 3 aromatic rings. The van der Waals surface area contributed by atoms with Crippen LogP contribution in [0.3, 0.4) is 0 Å². The van der Waals surface area contributed by atoms with E-state index in [1.54, 1.807) is 25.6 Å². The fraction of sp³-hybridized carbons (Fsp3) is 0.421. The Bertz CT molecular complexity index is 1000. The van der Waals surface area contributed by atoms with Crippen molar-refractivity contribution in [2.24, 2.45) is 5.92 Å². The number of imidazole rings is 1. The third-order valence-electron chi connectivity index (χ3n) is 5.37. The van der Waals surface area contributed by atoms with Gasteiger partial charge in [0.15, 0.2) is 11.5 Å². The summed E-state index contributed by atoms with van der Waals surface area (Å²) in [5.74, 6) is 1.59. The van der Waals surface area contributed by atoms with Gasteiger partial charge in [0.2, 0.25) is 11.8 Å². The number of fused-ring (bicyclic) bond motifs is 1. The molecule has 29 heavy (non-hydrogen) atoms. The molecule has 0 saturated carbocycles. The highest BCUT2D eigenvalue weighted by atomic mass is 16.5. The van der Waals surface area contributed by atoms with Crippen LogP contribution in [0.4, 0.5) is 11.8 Å². The van der Waals surface area contributed by atoms with Crippen molar-refractivity contribution in [2.75, 3.05) is 30.8 Å². The van der Waals surface area contributed by atoms with Crippen molar-refractivity contribution in [1.82, 2.24) is 30.2 Å². The van der Waals surface area contributed by atoms with E-state index < -0.39 is 0 Å². The molecule has 1 fully saturated rings. The second-order valence-electron chi connectivity index (χ2n) is 7.08. The predicted octanol–water partition coefficient (Wildman–Crippen LogP) is 1.37. The molecule has 10 heteroatoms. The number of hydrogen-bond acceptors (Lipinski definition) is 8. The number of nitrogens with two attached hydrogens (primary N) is 1. The topological polar surface area (TPSA) is 135 Å². The van der Waals surface area contributed by atoms with Crippen LogP contribution in [0.25, 0.3) is 11.2 Å². The van der Waals surface area contributed by atoms with Crippen LogP contribution in [-0.2, 0) is 0 Å². The number of H-pyrrole nitrogens is 1. The van der Waals surface area contributed by atoms with E-state index in [-0.39, 0.29) is 23.8 Å². The second-order valence-corrected chi connectivity index (χ2v) is 7.08. The Labute approximate surface area is 167 Å². The lowest BCUT2D eigenvalue weighted by Crippen LogP contribution is -2.51. The molecule has 4 rings (SSSR count). The maximum atomic E-state index is 12.7. The quantitative estimate of drug-likeness (QED) is 0.588. The third kappa shape index (κ3) is 3.78. The summed E-state index contributed by atoms with van der Waals surface area (Å²) in [6, 6.07) is 3.47. The predicted molar refractivity (Wildman–Crippen MR) is 109 cm³/mol. The van der Waals surface area contributed by atoms with E-state index in [4.69, 9.17) is 10.5 Å². The maximum absolute atomic E-state index is 12.7. The van der Waals surface area contributed by atoms with Gasteiger partial charge < -0.3 is 25.7 Å². The summed E-state index contributed by atoms with van der Waals surface area (Å²) in [5, 5.41) is 3.17. The average molecular weight is 396 g/mol. The smallest absolute Gasteiger partial charge is 0.253 e. The molecule has 0 unspecified atom stereocenters. The van der Waals surface area contributed by atoms with Crippen LogP contribution in [0.5, 0.6) is 5.88 Å². The van der Waals surface area contributed by atoms with Gasteiger partial charge in [0.05, 0.1) is 19.0 Å². The van der Waals surface area contributed by atoms with Crippen LogP contribution in [0.2, 0.25) is 0 Å². The van der Waals surface area contributed by atoms with E-state index in [1.807, 2.05) is 0 Å². The van der Waals surface area contributed by atoms with E-state index in [2.05, 4.69) is 42.1 Å². The molecule has 0 bridgehead atoms. The highest BCUT2D eigenvalue weighted by Crippen LogP contribution is 2.28. The standard InChI is InChI=1S/C19H24N8O2/c1-3-11-9-27(17-15-16(23-10-22-15)25-19(20)26-17)7-6-13(11)24-18(28)12-4-5-14(29-2)21-8-12/h4-5,8,10-11,13H,3,6-7,9H2,1-2H3,(H,24,28)(H3,20,22,23,25,26)/t11-,13+/m1/s1.